The monoisotopic (exact) mass is 917 g/mol. The molecule has 0 atom stereocenters. The Morgan fingerprint density at radius 1 is 0.537 bits per heavy atom. The van der Waals surface area contributed by atoms with Crippen LogP contribution >= 0.6 is 11.6 Å². The molecule has 3 aromatic heterocycles. The van der Waals surface area contributed by atoms with E-state index in [4.69, 9.17) is 21.6 Å². The molecular weight excluding hydrogens is 840 g/mol. The number of unbranched alkanes of at least 4 members (excludes halogenated alkanes) is 4. The van der Waals surface area contributed by atoms with Gasteiger partial charge in [0, 0.05) is 27.7 Å². The van der Waals surface area contributed by atoms with Crippen LogP contribution in [0.2, 0.25) is 0 Å². The highest BCUT2D eigenvalue weighted by Crippen LogP contribution is 2.46. The number of allylic oxidation sites excluding steroid dienone is 4. The number of hydrogen-bond donors (Lipinski definition) is 2. The first-order valence-corrected chi connectivity index (χ1v) is 25.9. The van der Waals surface area contributed by atoms with E-state index in [0.29, 0.717) is 5.56 Å². The van der Waals surface area contributed by atoms with Gasteiger partial charge in [0.1, 0.15) is 0 Å². The molecule has 5 heterocycles. The summed E-state index contributed by atoms with van der Waals surface area (Å²) in [7, 11) is 0. The summed E-state index contributed by atoms with van der Waals surface area (Å²) >= 11 is 6.04. The minimum atomic E-state index is -0.460. The van der Waals surface area contributed by atoms with E-state index in [2.05, 4.69) is 137 Å². The molecule has 0 fully saturated rings. The zero-order valence-electron chi connectivity index (χ0n) is 43.4. The van der Waals surface area contributed by atoms with Crippen molar-refractivity contribution in [1.29, 1.82) is 0 Å². The van der Waals surface area contributed by atoms with E-state index in [1.54, 1.807) is 0 Å². The van der Waals surface area contributed by atoms with Gasteiger partial charge in [-0.15, -0.1) is 0 Å². The molecule has 2 aliphatic rings. The predicted octanol–water partition coefficient (Wildman–Crippen LogP) is 18.2. The second kappa shape index (κ2) is 20.3. The quantitative estimate of drug-likeness (QED) is 0.103. The van der Waals surface area contributed by atoms with Gasteiger partial charge in [-0.25, -0.2) is 9.97 Å². The molecule has 0 saturated heterocycles. The molecule has 2 N–H and O–H groups in total. The molecule has 0 spiro atoms. The molecule has 0 radical (unpaired) electrons. The molecule has 7 rings (SSSR count). The van der Waals surface area contributed by atoms with Crippen LogP contribution in [-0.4, -0.2) is 25.2 Å². The Morgan fingerprint density at radius 3 is 1.30 bits per heavy atom. The Bertz CT molecular complexity index is 2890. The van der Waals surface area contributed by atoms with Crippen LogP contribution in [0.25, 0.3) is 66.6 Å². The van der Waals surface area contributed by atoms with Gasteiger partial charge in [-0.1, -0.05) is 125 Å². The summed E-state index contributed by atoms with van der Waals surface area (Å²) in [5.41, 5.74) is 26.2. The lowest BCUT2D eigenvalue weighted by Gasteiger charge is -2.26. The summed E-state index contributed by atoms with van der Waals surface area (Å²) in [5.74, 6) is 0. The predicted molar refractivity (Wildman–Crippen MR) is 290 cm³/mol. The fourth-order valence-electron chi connectivity index (χ4n) is 10.2. The van der Waals surface area contributed by atoms with Crippen LogP contribution in [0.5, 0.6) is 0 Å². The van der Waals surface area contributed by atoms with Crippen molar-refractivity contribution < 1.29 is 4.79 Å². The third kappa shape index (κ3) is 10.1. The molecule has 0 unspecified atom stereocenters. The summed E-state index contributed by atoms with van der Waals surface area (Å²) in [6, 6.07) is 19.8. The highest BCUT2D eigenvalue weighted by atomic mass is 35.5. The van der Waals surface area contributed by atoms with Gasteiger partial charge in [0.15, 0.2) is 0 Å². The molecule has 2 aliphatic heterocycles. The summed E-state index contributed by atoms with van der Waals surface area (Å²) in [5, 5.41) is -0.460. The van der Waals surface area contributed by atoms with Gasteiger partial charge < -0.3 is 9.97 Å². The second-order valence-corrected chi connectivity index (χ2v) is 21.9. The molecule has 5 aromatic rings. The van der Waals surface area contributed by atoms with Gasteiger partial charge >= 0.3 is 0 Å². The highest BCUT2D eigenvalue weighted by Gasteiger charge is 2.28. The molecule has 5 nitrogen and oxygen atoms in total. The lowest BCUT2D eigenvalue weighted by Crippen LogP contribution is -2.16. The van der Waals surface area contributed by atoms with Crippen molar-refractivity contribution >= 4 is 61.2 Å². The number of H-pyrrole nitrogens is 2. The normalized spacial score (nSPS) is 13.4. The molecule has 2 aromatic carbocycles. The average molecular weight is 918 g/mol. The first-order valence-electron chi connectivity index (χ1n) is 25.5. The van der Waals surface area contributed by atoms with E-state index in [1.807, 2.05) is 24.3 Å². The molecule has 67 heavy (non-hydrogen) atoms. The number of carbonyl (C=O) groups is 1. The van der Waals surface area contributed by atoms with Crippen molar-refractivity contribution in [3.63, 3.8) is 0 Å². The molecule has 354 valence electrons. The number of nitrogens with one attached hydrogen (secondary N) is 2. The number of rotatable bonds is 15. The van der Waals surface area contributed by atoms with Crippen molar-refractivity contribution in [3.8, 4) is 22.3 Å². The van der Waals surface area contributed by atoms with Crippen LogP contribution in [0.3, 0.4) is 0 Å². The largest absolute Gasteiger partial charge is 0.354 e. The number of aromatic nitrogens is 4. The first-order chi connectivity index (χ1) is 31.8. The molecule has 8 bridgehead atoms. The van der Waals surface area contributed by atoms with Crippen LogP contribution in [-0.2, 0) is 23.7 Å². The SMILES string of the molecule is CCCCC1=C(C)c2nc1cc1[nH]c(c(C)c1CCCC)c(-c1ccc(C(=O)Cl)cc1)c1nc(cc3[nH]c(c(C)c3CCCC)c2-c2cc(C(C)(C)C)cc(C(C)(C)C)c2)C(CCCC)=C1C. The van der Waals surface area contributed by atoms with E-state index in [1.165, 1.54) is 66.8 Å². The molecule has 0 saturated carbocycles. The average Bonchev–Trinajstić information content (AvgIpc) is 3.96. The van der Waals surface area contributed by atoms with E-state index in [0.717, 1.165) is 133 Å². The lowest BCUT2D eigenvalue weighted by molar-refractivity contribution is 0.108. The Labute approximate surface area is 407 Å². The second-order valence-electron chi connectivity index (χ2n) is 21.5. The van der Waals surface area contributed by atoms with E-state index < -0.39 is 5.24 Å². The highest BCUT2D eigenvalue weighted by molar-refractivity contribution is 6.67. The Kier molecular flexibility index (Phi) is 15.1. The fraction of sp³-hybridized carbons (Fsp3) is 0.459. The van der Waals surface area contributed by atoms with Crippen LogP contribution in [0.1, 0.15) is 214 Å². The van der Waals surface area contributed by atoms with Crippen molar-refractivity contribution in [2.45, 2.75) is 185 Å². The van der Waals surface area contributed by atoms with Crippen LogP contribution in [0.15, 0.2) is 54.6 Å². The van der Waals surface area contributed by atoms with Crippen molar-refractivity contribution in [3.05, 3.63) is 116 Å². The number of aryl methyl sites for hydroxylation is 4. The number of carbonyl (C=O) groups excluding carboxylic acids is 1. The maximum absolute atomic E-state index is 12.4. The Balaban J connectivity index is 1.79. The molecule has 0 amide bonds. The number of aromatic amines is 2. The van der Waals surface area contributed by atoms with Gasteiger partial charge in [-0.05, 0) is 193 Å². The summed E-state index contributed by atoms with van der Waals surface area (Å²) in [6.07, 6.45) is 12.5. The van der Waals surface area contributed by atoms with Crippen LogP contribution < -0.4 is 0 Å². The fourth-order valence-corrected chi connectivity index (χ4v) is 10.3. The van der Waals surface area contributed by atoms with Gasteiger partial charge in [0.2, 0.25) is 0 Å². The Hall–Kier alpha value is -5.00. The van der Waals surface area contributed by atoms with Gasteiger partial charge in [-0.2, -0.15) is 0 Å². The standard InChI is InChI=1S/C61H77ClN4O/c1-15-19-23-45-36(5)55-53(40-27-29-41(30-28-40)59(62)67)56-37(6)46(24-20-16-2)50(64-56)35-52-48(26-22-18-4)39(8)58(66-52)54(42-31-43(60(9,10)11)33-44(32-42)61(12,13)14)57-38(7)47(25-21-17-3)51(65-57)34-49(45)63-55/h27-35,63,66H,15-26H2,1-14H3. The molecule has 0 aliphatic carbocycles. The topological polar surface area (TPSA) is 74.4 Å². The van der Waals surface area contributed by atoms with Gasteiger partial charge in [0.05, 0.1) is 33.8 Å². The summed E-state index contributed by atoms with van der Waals surface area (Å²) < 4.78 is 0. The third-order valence-electron chi connectivity index (χ3n) is 14.5. The minimum absolute atomic E-state index is 0.0595. The number of benzene rings is 2. The van der Waals surface area contributed by atoms with Gasteiger partial charge in [0.25, 0.3) is 5.24 Å². The lowest BCUT2D eigenvalue weighted by atomic mass is 9.78. The Morgan fingerprint density at radius 2 is 0.925 bits per heavy atom. The number of fused-ring (bicyclic) bond motifs is 8. The van der Waals surface area contributed by atoms with Crippen molar-refractivity contribution in [1.82, 2.24) is 19.9 Å². The van der Waals surface area contributed by atoms with E-state index >= 15 is 0 Å². The number of nitrogens with zero attached hydrogens (tertiary/aromatic N) is 2. The van der Waals surface area contributed by atoms with Crippen LogP contribution in [0, 0.1) is 13.8 Å². The zero-order valence-corrected chi connectivity index (χ0v) is 44.1. The maximum Gasteiger partial charge on any atom is 0.252 e. The van der Waals surface area contributed by atoms with Crippen LogP contribution in [0.4, 0.5) is 0 Å². The number of halogens is 1. The number of hydrogen-bond acceptors (Lipinski definition) is 3. The summed E-state index contributed by atoms with van der Waals surface area (Å²) in [6.45, 7) is 32.3. The zero-order chi connectivity index (χ0) is 48.5. The first kappa shape index (κ1) is 49.9. The summed E-state index contributed by atoms with van der Waals surface area (Å²) in [4.78, 5) is 32.2. The van der Waals surface area contributed by atoms with E-state index in [9.17, 15) is 4.79 Å². The third-order valence-corrected chi connectivity index (χ3v) is 14.8. The molecular formula is C61H77ClN4O. The van der Waals surface area contributed by atoms with E-state index in [-0.39, 0.29) is 10.8 Å². The van der Waals surface area contributed by atoms with Crippen molar-refractivity contribution in [2.75, 3.05) is 0 Å². The van der Waals surface area contributed by atoms with Gasteiger partial charge in [-0.3, -0.25) is 4.79 Å². The minimum Gasteiger partial charge on any atom is -0.354 e. The van der Waals surface area contributed by atoms with Crippen molar-refractivity contribution in [2.24, 2.45) is 0 Å². The molecule has 6 heteroatoms. The maximum atomic E-state index is 12.4. The smallest absolute Gasteiger partial charge is 0.252 e.